The van der Waals surface area contributed by atoms with Crippen molar-refractivity contribution >= 4 is 23.5 Å². The topological polar surface area (TPSA) is 23.8 Å². The third kappa shape index (κ3) is 16.5. The Kier molecular flexibility index (Phi) is 31.6. The summed E-state index contributed by atoms with van der Waals surface area (Å²) in [6, 6.07) is 20.2. The number of rotatable bonds is 2. The van der Waals surface area contributed by atoms with E-state index in [0.717, 1.165) is 0 Å². The Morgan fingerprint density at radius 2 is 0.905 bits per heavy atom. The normalized spacial score (nSPS) is 7.05. The molecule has 2 rings (SSSR count). The summed E-state index contributed by atoms with van der Waals surface area (Å²) in [6.07, 6.45) is 7.35. The molecule has 104 valence electrons. The molecule has 0 heterocycles. The first-order valence-corrected chi connectivity index (χ1v) is 7.00. The SMILES string of the molecule is [C-]#N.[CH2-]Sc1ccccc1.[CH2-]Sc1ccccc1.[Cu+].[Li+].[Li+]. The minimum atomic E-state index is 0. The van der Waals surface area contributed by atoms with Gasteiger partial charge in [0.25, 0.3) is 0 Å². The van der Waals surface area contributed by atoms with Gasteiger partial charge in [0.2, 0.25) is 0 Å². The van der Waals surface area contributed by atoms with E-state index in [4.69, 9.17) is 11.8 Å². The number of hydrogen-bond acceptors (Lipinski definition) is 3. The van der Waals surface area contributed by atoms with Crippen LogP contribution in [0.3, 0.4) is 0 Å². The van der Waals surface area contributed by atoms with Gasteiger partial charge in [-0.1, -0.05) is 60.7 Å². The Morgan fingerprint density at radius 1 is 0.667 bits per heavy atom. The number of nitrogens with zero attached hydrogens (tertiary/aromatic N) is 1. The monoisotopic (exact) mass is 349 g/mol. The number of hydrogen-bond donors (Lipinski definition) is 0. The van der Waals surface area contributed by atoms with Crippen molar-refractivity contribution < 1.29 is 54.8 Å². The van der Waals surface area contributed by atoms with E-state index in [2.05, 4.69) is 12.5 Å². The van der Waals surface area contributed by atoms with Crippen LogP contribution in [0.1, 0.15) is 0 Å². The molecule has 0 spiro atoms. The summed E-state index contributed by atoms with van der Waals surface area (Å²) in [5.41, 5.74) is 0. The van der Waals surface area contributed by atoms with Crippen LogP contribution in [-0.2, 0) is 17.1 Å². The van der Waals surface area contributed by atoms with Gasteiger partial charge in [-0.25, -0.2) is 0 Å². The van der Waals surface area contributed by atoms with Gasteiger partial charge in [-0.2, -0.15) is 0 Å². The predicted octanol–water partition coefficient (Wildman–Crippen LogP) is -0.758. The molecule has 0 bridgehead atoms. The van der Waals surface area contributed by atoms with E-state index in [1.165, 1.54) is 33.3 Å². The average molecular weight is 350 g/mol. The molecular weight excluding hydrogens is 336 g/mol. The molecule has 1 nitrogen and oxygen atoms in total. The predicted molar refractivity (Wildman–Crippen MR) is 80.3 cm³/mol. The molecular formula is C15H14CuLi2NS2. The van der Waals surface area contributed by atoms with Crippen LogP contribution >= 0.6 is 23.5 Å². The fourth-order valence-electron chi connectivity index (χ4n) is 1.03. The fraction of sp³-hybridized carbons (Fsp3) is 0. The molecule has 0 saturated carbocycles. The minimum Gasteiger partial charge on any atom is -0.512 e. The second-order valence-electron chi connectivity index (χ2n) is 2.91. The minimum absolute atomic E-state index is 0. The summed E-state index contributed by atoms with van der Waals surface area (Å²) < 4.78 is 0. The van der Waals surface area contributed by atoms with E-state index in [9.17, 15) is 0 Å². The zero-order valence-electron chi connectivity index (χ0n) is 12.3. The Balaban J connectivity index is -0.000000109. The summed E-state index contributed by atoms with van der Waals surface area (Å²) in [5.74, 6) is 0. The van der Waals surface area contributed by atoms with Crippen LogP contribution in [0, 0.1) is 24.3 Å². The summed E-state index contributed by atoms with van der Waals surface area (Å²) in [7, 11) is 0. The molecule has 2 aromatic rings. The molecule has 0 N–H and O–H groups in total. The maximum Gasteiger partial charge on any atom is 1.00 e. The van der Waals surface area contributed by atoms with Crippen LogP contribution in [0.25, 0.3) is 0 Å². The fourth-order valence-corrected chi connectivity index (χ4v) is 1.73. The molecule has 0 aliphatic heterocycles. The number of benzene rings is 2. The van der Waals surface area contributed by atoms with Gasteiger partial charge in [0, 0.05) is 0 Å². The van der Waals surface area contributed by atoms with Gasteiger partial charge in [-0.15, -0.1) is 0 Å². The summed E-state index contributed by atoms with van der Waals surface area (Å²) in [6.45, 7) is 4.75. The first-order valence-electron chi connectivity index (χ1n) is 5.03. The van der Waals surface area contributed by atoms with E-state index in [1.807, 2.05) is 60.7 Å². The maximum atomic E-state index is 6.25. The van der Waals surface area contributed by atoms with Crippen LogP contribution < -0.4 is 37.7 Å². The summed E-state index contributed by atoms with van der Waals surface area (Å²) in [5, 5.41) is 6.25. The van der Waals surface area contributed by atoms with Gasteiger partial charge in [0.1, 0.15) is 0 Å². The summed E-state index contributed by atoms with van der Waals surface area (Å²) in [4.78, 5) is 2.43. The van der Waals surface area contributed by atoms with Gasteiger partial charge in [-0.05, 0) is 9.79 Å². The zero-order chi connectivity index (χ0) is 13.6. The van der Waals surface area contributed by atoms with E-state index in [0.29, 0.717) is 0 Å². The molecule has 0 aliphatic carbocycles. The average Bonchev–Trinajstić information content (AvgIpc) is 2.51. The Morgan fingerprint density at radius 3 is 1.05 bits per heavy atom. The molecule has 21 heavy (non-hydrogen) atoms. The third-order valence-electron chi connectivity index (χ3n) is 1.82. The van der Waals surface area contributed by atoms with Gasteiger partial charge in [-0.3, -0.25) is 12.5 Å². The van der Waals surface area contributed by atoms with Crippen molar-refractivity contribution in [1.82, 2.24) is 0 Å². The quantitative estimate of drug-likeness (QED) is 0.405. The molecule has 0 unspecified atom stereocenters. The maximum absolute atomic E-state index is 6.25. The van der Waals surface area contributed by atoms with Gasteiger partial charge in [0.15, 0.2) is 0 Å². The standard InChI is InChI=1S/2C7H7S.CN.Cu.2Li/c2*1-8-7-5-3-2-4-6-7;1-2;;;/h2*2-6H,1H2;;;;/q3*-1;3*+1. The third-order valence-corrected chi connectivity index (χ3v) is 3.03. The molecule has 0 radical (unpaired) electrons. The van der Waals surface area contributed by atoms with Crippen molar-refractivity contribution in [3.63, 3.8) is 0 Å². The molecule has 0 saturated heterocycles. The molecule has 0 fully saturated rings. The molecule has 0 amide bonds. The first kappa shape index (κ1) is 29.4. The molecule has 0 aliphatic rings. The van der Waals surface area contributed by atoms with E-state index in [-0.39, 0.29) is 54.8 Å². The van der Waals surface area contributed by atoms with Crippen LogP contribution in [0.4, 0.5) is 0 Å². The van der Waals surface area contributed by atoms with Crippen molar-refractivity contribution in [3.8, 4) is 0 Å². The molecule has 6 heteroatoms. The molecule has 0 atom stereocenters. The van der Waals surface area contributed by atoms with Crippen molar-refractivity contribution in [2.24, 2.45) is 0 Å². The van der Waals surface area contributed by atoms with Crippen LogP contribution in [-0.4, -0.2) is 0 Å². The largest absolute Gasteiger partial charge is 1.00 e. The van der Waals surface area contributed by atoms with Crippen LogP contribution in [0.2, 0.25) is 0 Å². The van der Waals surface area contributed by atoms with Crippen molar-refractivity contribution in [2.75, 3.05) is 0 Å². The smallest absolute Gasteiger partial charge is 0.512 e. The number of thioether (sulfide) groups is 2. The van der Waals surface area contributed by atoms with Gasteiger partial charge in [0.05, 0.1) is 0 Å². The Hall–Kier alpha value is 0.344. The van der Waals surface area contributed by atoms with Crippen molar-refractivity contribution in [1.29, 1.82) is 5.26 Å². The molecule has 0 aromatic heterocycles. The van der Waals surface area contributed by atoms with Crippen LogP contribution in [0.5, 0.6) is 0 Å². The first-order chi connectivity index (χ1) is 8.86. The Labute approximate surface area is 171 Å². The van der Waals surface area contributed by atoms with E-state index < -0.39 is 0 Å². The van der Waals surface area contributed by atoms with Gasteiger partial charge < -0.3 is 35.4 Å². The Bertz CT molecular complexity index is 388. The second kappa shape index (κ2) is 22.6. The summed E-state index contributed by atoms with van der Waals surface area (Å²) >= 11 is 3.04. The van der Waals surface area contributed by atoms with Crippen molar-refractivity contribution in [2.45, 2.75) is 9.79 Å². The van der Waals surface area contributed by atoms with Gasteiger partial charge >= 0.3 is 54.8 Å². The zero-order valence-corrected chi connectivity index (χ0v) is 14.8. The second-order valence-corrected chi connectivity index (χ2v) is 4.43. The van der Waals surface area contributed by atoms with E-state index >= 15 is 0 Å². The van der Waals surface area contributed by atoms with Crippen LogP contribution in [0.15, 0.2) is 70.5 Å². The molecule has 2 aromatic carbocycles. The van der Waals surface area contributed by atoms with Crippen molar-refractivity contribution in [3.05, 3.63) is 79.7 Å². The van der Waals surface area contributed by atoms with E-state index in [1.54, 1.807) is 0 Å².